The summed E-state index contributed by atoms with van der Waals surface area (Å²) in [6, 6.07) is 7.07. The van der Waals surface area contributed by atoms with Crippen molar-refractivity contribution in [3.63, 3.8) is 0 Å². The van der Waals surface area contributed by atoms with E-state index in [1.807, 2.05) is 13.8 Å². The second kappa shape index (κ2) is 9.04. The summed E-state index contributed by atoms with van der Waals surface area (Å²) in [6.45, 7) is 9.11. The first-order valence-corrected chi connectivity index (χ1v) is 8.27. The van der Waals surface area contributed by atoms with Crippen LogP contribution in [0, 0.1) is 17.2 Å². The SMILES string of the molecule is CCOc1cc(C#N)ccc1OCc1nc(C(C)OCC(C)C)no1. The summed E-state index contributed by atoms with van der Waals surface area (Å²) in [7, 11) is 0. The minimum absolute atomic E-state index is 0.107. The van der Waals surface area contributed by atoms with Crippen molar-refractivity contribution in [3.05, 3.63) is 35.5 Å². The second-order valence-corrected chi connectivity index (χ2v) is 5.91. The van der Waals surface area contributed by atoms with Gasteiger partial charge < -0.3 is 18.7 Å². The Kier molecular flexibility index (Phi) is 6.78. The van der Waals surface area contributed by atoms with Crippen LogP contribution < -0.4 is 9.47 Å². The molecule has 1 aromatic carbocycles. The van der Waals surface area contributed by atoms with Gasteiger partial charge >= 0.3 is 0 Å². The average Bonchev–Trinajstić information content (AvgIpc) is 3.07. The number of ether oxygens (including phenoxy) is 3. The van der Waals surface area contributed by atoms with Gasteiger partial charge in [-0.05, 0) is 31.9 Å². The molecule has 1 unspecified atom stereocenters. The average molecular weight is 345 g/mol. The molecule has 134 valence electrons. The number of hydrogen-bond donors (Lipinski definition) is 0. The lowest BCUT2D eigenvalue weighted by atomic mass is 10.2. The van der Waals surface area contributed by atoms with E-state index in [2.05, 4.69) is 30.1 Å². The minimum Gasteiger partial charge on any atom is -0.490 e. The Bertz CT molecular complexity index is 721. The number of aromatic nitrogens is 2. The van der Waals surface area contributed by atoms with E-state index >= 15 is 0 Å². The van der Waals surface area contributed by atoms with Crippen molar-refractivity contribution in [2.24, 2.45) is 5.92 Å². The smallest absolute Gasteiger partial charge is 0.264 e. The van der Waals surface area contributed by atoms with Crippen LogP contribution in [0.1, 0.15) is 51.1 Å². The molecular formula is C18H23N3O4. The maximum absolute atomic E-state index is 8.97. The molecule has 0 saturated carbocycles. The molecule has 0 saturated heterocycles. The lowest BCUT2D eigenvalue weighted by molar-refractivity contribution is 0.0402. The van der Waals surface area contributed by atoms with Crippen LogP contribution in [0.5, 0.6) is 11.5 Å². The van der Waals surface area contributed by atoms with E-state index in [0.717, 1.165) is 0 Å². The van der Waals surface area contributed by atoms with Crippen molar-refractivity contribution < 1.29 is 18.7 Å². The zero-order valence-electron chi connectivity index (χ0n) is 15.0. The van der Waals surface area contributed by atoms with Crippen LogP contribution in [0.25, 0.3) is 0 Å². The molecule has 1 aromatic heterocycles. The highest BCUT2D eigenvalue weighted by Gasteiger charge is 2.16. The van der Waals surface area contributed by atoms with Crippen LogP contribution in [0.2, 0.25) is 0 Å². The van der Waals surface area contributed by atoms with Gasteiger partial charge in [-0.25, -0.2) is 0 Å². The first kappa shape index (κ1) is 18.7. The molecule has 7 nitrogen and oxygen atoms in total. The predicted molar refractivity (Wildman–Crippen MR) is 90.2 cm³/mol. The molecule has 0 aliphatic heterocycles. The maximum atomic E-state index is 8.97. The summed E-state index contributed by atoms with van der Waals surface area (Å²) in [4.78, 5) is 4.29. The highest BCUT2D eigenvalue weighted by molar-refractivity contribution is 5.46. The zero-order chi connectivity index (χ0) is 18.2. The topological polar surface area (TPSA) is 90.4 Å². The summed E-state index contributed by atoms with van der Waals surface area (Å²) in [5.74, 6) is 2.30. The van der Waals surface area contributed by atoms with Gasteiger partial charge in [-0.1, -0.05) is 19.0 Å². The largest absolute Gasteiger partial charge is 0.490 e. The Balaban J connectivity index is 1.99. The third-order valence-electron chi connectivity index (χ3n) is 3.25. The van der Waals surface area contributed by atoms with Gasteiger partial charge in [0, 0.05) is 12.7 Å². The Morgan fingerprint density at radius 1 is 1.20 bits per heavy atom. The Hall–Kier alpha value is -2.59. The minimum atomic E-state index is -0.242. The van der Waals surface area contributed by atoms with Gasteiger partial charge in [0.05, 0.1) is 18.2 Å². The van der Waals surface area contributed by atoms with Crippen LogP contribution >= 0.6 is 0 Å². The molecule has 0 amide bonds. The van der Waals surface area contributed by atoms with E-state index in [1.54, 1.807) is 18.2 Å². The molecule has 0 N–H and O–H groups in total. The molecule has 25 heavy (non-hydrogen) atoms. The van der Waals surface area contributed by atoms with E-state index in [4.69, 9.17) is 24.0 Å². The molecule has 2 aromatic rings. The van der Waals surface area contributed by atoms with E-state index in [0.29, 0.717) is 47.9 Å². The van der Waals surface area contributed by atoms with Crippen LogP contribution in [0.3, 0.4) is 0 Å². The first-order chi connectivity index (χ1) is 12.0. The first-order valence-electron chi connectivity index (χ1n) is 8.27. The van der Waals surface area contributed by atoms with E-state index < -0.39 is 0 Å². The van der Waals surface area contributed by atoms with Gasteiger partial charge in [-0.15, -0.1) is 0 Å². The standard InChI is InChI=1S/C18H23N3O4/c1-5-22-16-8-14(9-19)6-7-15(16)24-11-17-20-18(21-25-17)13(4)23-10-12(2)3/h6-8,12-13H,5,10-11H2,1-4H3. The van der Waals surface area contributed by atoms with Crippen LogP contribution in [-0.4, -0.2) is 23.4 Å². The highest BCUT2D eigenvalue weighted by Crippen LogP contribution is 2.29. The van der Waals surface area contributed by atoms with Gasteiger partial charge in [0.25, 0.3) is 5.89 Å². The highest BCUT2D eigenvalue weighted by atomic mass is 16.5. The van der Waals surface area contributed by atoms with Crippen LogP contribution in [0.4, 0.5) is 0 Å². The summed E-state index contributed by atoms with van der Waals surface area (Å²) in [5, 5.41) is 12.9. The number of nitrogens with zero attached hydrogens (tertiary/aromatic N) is 3. The van der Waals surface area contributed by atoms with Gasteiger partial charge in [0.1, 0.15) is 6.10 Å². The lowest BCUT2D eigenvalue weighted by Crippen LogP contribution is -2.08. The molecule has 2 rings (SSSR count). The lowest BCUT2D eigenvalue weighted by Gasteiger charge is -2.11. The molecule has 0 aliphatic rings. The quantitative estimate of drug-likeness (QED) is 0.685. The summed E-state index contributed by atoms with van der Waals surface area (Å²) in [5.41, 5.74) is 0.506. The summed E-state index contributed by atoms with van der Waals surface area (Å²) >= 11 is 0. The normalized spacial score (nSPS) is 12.0. The summed E-state index contributed by atoms with van der Waals surface area (Å²) in [6.07, 6.45) is -0.242. The molecule has 0 bridgehead atoms. The van der Waals surface area contributed by atoms with Crippen molar-refractivity contribution in [1.82, 2.24) is 10.1 Å². The number of nitriles is 1. The molecule has 1 heterocycles. The Morgan fingerprint density at radius 3 is 2.68 bits per heavy atom. The van der Waals surface area contributed by atoms with E-state index in [1.165, 1.54) is 0 Å². The third-order valence-corrected chi connectivity index (χ3v) is 3.25. The van der Waals surface area contributed by atoms with Gasteiger partial charge in [-0.3, -0.25) is 0 Å². The van der Waals surface area contributed by atoms with Crippen molar-refractivity contribution in [2.45, 2.75) is 40.4 Å². The maximum Gasteiger partial charge on any atom is 0.264 e. The van der Waals surface area contributed by atoms with Crippen molar-refractivity contribution in [3.8, 4) is 17.6 Å². The fourth-order valence-electron chi connectivity index (χ4n) is 2.01. The number of hydrogen-bond acceptors (Lipinski definition) is 7. The van der Waals surface area contributed by atoms with Crippen molar-refractivity contribution in [1.29, 1.82) is 5.26 Å². The van der Waals surface area contributed by atoms with E-state index in [-0.39, 0.29) is 12.7 Å². The third kappa shape index (κ3) is 5.47. The molecule has 0 spiro atoms. The van der Waals surface area contributed by atoms with Gasteiger partial charge in [-0.2, -0.15) is 10.2 Å². The Morgan fingerprint density at radius 2 is 2.00 bits per heavy atom. The molecule has 7 heteroatoms. The second-order valence-electron chi connectivity index (χ2n) is 5.91. The molecule has 1 atom stereocenters. The zero-order valence-corrected chi connectivity index (χ0v) is 15.0. The number of benzene rings is 1. The predicted octanol–water partition coefficient (Wildman–Crippen LogP) is 3.65. The fourth-order valence-corrected chi connectivity index (χ4v) is 2.01. The van der Waals surface area contributed by atoms with Crippen LogP contribution in [-0.2, 0) is 11.3 Å². The molecular weight excluding hydrogens is 322 g/mol. The van der Waals surface area contributed by atoms with Crippen molar-refractivity contribution in [2.75, 3.05) is 13.2 Å². The number of rotatable bonds is 9. The molecule has 0 radical (unpaired) electrons. The van der Waals surface area contributed by atoms with Gasteiger partial charge in [0.15, 0.2) is 23.9 Å². The van der Waals surface area contributed by atoms with Gasteiger partial charge in [0.2, 0.25) is 0 Å². The monoisotopic (exact) mass is 345 g/mol. The van der Waals surface area contributed by atoms with Crippen molar-refractivity contribution >= 4 is 0 Å². The fraction of sp³-hybridized carbons (Fsp3) is 0.500. The van der Waals surface area contributed by atoms with Crippen LogP contribution in [0.15, 0.2) is 22.7 Å². The molecule has 0 fully saturated rings. The Labute approximate surface area is 147 Å². The summed E-state index contributed by atoms with van der Waals surface area (Å²) < 4.78 is 22.1. The van der Waals surface area contributed by atoms with E-state index in [9.17, 15) is 0 Å². The molecule has 0 aliphatic carbocycles.